The minimum absolute atomic E-state index is 1.11. The van der Waals surface area contributed by atoms with Gasteiger partial charge in [0.05, 0.1) is 0 Å². The summed E-state index contributed by atoms with van der Waals surface area (Å²) in [5.74, 6) is 0. The fourth-order valence-electron chi connectivity index (χ4n) is 1.18. The molecule has 0 aliphatic heterocycles. The summed E-state index contributed by atoms with van der Waals surface area (Å²) in [6.07, 6.45) is 26.5. The molecule has 0 nitrogen and oxygen atoms in total. The topological polar surface area (TPSA) is 0 Å². The van der Waals surface area contributed by atoms with Gasteiger partial charge < -0.3 is 0 Å². The molecule has 0 atom stereocenters. The van der Waals surface area contributed by atoms with Crippen molar-refractivity contribution in [1.29, 1.82) is 0 Å². The Morgan fingerprint density at radius 2 is 1.36 bits per heavy atom. The molecule has 0 spiro atoms. The smallest absolute Gasteiger partial charge is 0.0187 e. The molecule has 0 bridgehead atoms. The zero-order valence-electron chi connectivity index (χ0n) is 8.52. The number of allylic oxidation sites excluding steroid dienone is 10. The van der Waals surface area contributed by atoms with Crippen LogP contribution in [0.3, 0.4) is 0 Å². The van der Waals surface area contributed by atoms with E-state index >= 15 is 0 Å². The third-order valence-corrected chi connectivity index (χ3v) is 1.93. The van der Waals surface area contributed by atoms with Gasteiger partial charge in [-0.1, -0.05) is 54.7 Å². The second-order valence-electron chi connectivity index (χ2n) is 3.17. The average Bonchev–Trinajstić information content (AvgIpc) is 2.22. The van der Waals surface area contributed by atoms with E-state index in [4.69, 9.17) is 0 Å². The predicted molar refractivity (Wildman–Crippen MR) is 62.8 cm³/mol. The lowest BCUT2D eigenvalue weighted by atomic mass is 10.2. The predicted octanol–water partition coefficient (Wildman–Crippen LogP) is 4.14. The first kappa shape index (κ1) is 10.8. The summed E-state index contributed by atoms with van der Waals surface area (Å²) in [6.45, 7) is 0. The molecule has 1 radical (unpaired) electrons. The molecule has 0 aromatic heterocycles. The van der Waals surface area contributed by atoms with Crippen LogP contribution in [0, 0.1) is 6.08 Å². The molecule has 1 aliphatic carbocycles. The normalized spacial score (nSPS) is 29.7. The van der Waals surface area contributed by atoms with Crippen LogP contribution in [0.1, 0.15) is 25.7 Å². The van der Waals surface area contributed by atoms with Gasteiger partial charge >= 0.3 is 0 Å². The fraction of sp³-hybridized carbons (Fsp3) is 0.286. The van der Waals surface area contributed by atoms with Crippen LogP contribution in [-0.2, 0) is 0 Å². The van der Waals surface area contributed by atoms with Crippen molar-refractivity contribution in [3.63, 3.8) is 0 Å². The maximum atomic E-state index is 3.09. The van der Waals surface area contributed by atoms with E-state index < -0.39 is 0 Å². The molecular weight excluding hydrogens is 168 g/mol. The standard InChI is InChI=1S/C14H17/c1-2-4-6-8-10-12-14-13-11-9-7-5-3-1/h1-5,9-12H,6,8,13-14H2/b3-1-,4-2+,7-5?,11-9+,12-10+. The van der Waals surface area contributed by atoms with Crippen LogP contribution in [-0.4, -0.2) is 0 Å². The summed E-state index contributed by atoms with van der Waals surface area (Å²) in [7, 11) is 0. The van der Waals surface area contributed by atoms with Gasteiger partial charge in [0.15, 0.2) is 0 Å². The molecule has 0 saturated carbocycles. The van der Waals surface area contributed by atoms with Gasteiger partial charge in [-0.3, -0.25) is 0 Å². The average molecular weight is 185 g/mol. The largest absolute Gasteiger partial charge is 0.0882 e. The van der Waals surface area contributed by atoms with Crippen LogP contribution in [0.5, 0.6) is 0 Å². The van der Waals surface area contributed by atoms with E-state index in [1.807, 2.05) is 24.3 Å². The first-order valence-electron chi connectivity index (χ1n) is 5.21. The molecule has 0 fully saturated rings. The molecular formula is C14H17. The molecule has 0 saturated heterocycles. The molecule has 14 heavy (non-hydrogen) atoms. The zero-order chi connectivity index (χ0) is 9.90. The third-order valence-electron chi connectivity index (χ3n) is 1.93. The Bertz CT molecular complexity index is 234. The second kappa shape index (κ2) is 8.31. The Morgan fingerprint density at radius 1 is 0.643 bits per heavy atom. The van der Waals surface area contributed by atoms with Crippen molar-refractivity contribution in [1.82, 2.24) is 0 Å². The van der Waals surface area contributed by atoms with Crippen molar-refractivity contribution in [3.05, 3.63) is 60.8 Å². The lowest BCUT2D eigenvalue weighted by Crippen LogP contribution is -1.68. The van der Waals surface area contributed by atoms with Crippen LogP contribution < -0.4 is 0 Å². The van der Waals surface area contributed by atoms with Crippen LogP contribution in [0.4, 0.5) is 0 Å². The van der Waals surface area contributed by atoms with E-state index in [9.17, 15) is 0 Å². The highest BCUT2D eigenvalue weighted by molar-refractivity contribution is 5.12. The van der Waals surface area contributed by atoms with E-state index in [1.165, 1.54) is 0 Å². The Morgan fingerprint density at radius 3 is 2.21 bits per heavy atom. The van der Waals surface area contributed by atoms with Gasteiger partial charge in [-0.05, 0) is 31.8 Å². The summed E-state index contributed by atoms with van der Waals surface area (Å²) in [5, 5.41) is 0. The summed E-state index contributed by atoms with van der Waals surface area (Å²) in [6, 6.07) is 0. The minimum atomic E-state index is 1.11. The lowest BCUT2D eigenvalue weighted by Gasteiger charge is -1.88. The molecule has 0 amide bonds. The van der Waals surface area contributed by atoms with E-state index in [2.05, 4.69) is 36.5 Å². The Balaban J connectivity index is 2.46. The second-order valence-corrected chi connectivity index (χ2v) is 3.17. The molecule has 1 rings (SSSR count). The first-order chi connectivity index (χ1) is 7.00. The molecule has 0 aromatic carbocycles. The SMILES string of the molecule is [C]1=C/C=C\C=C\CC/C=C/CC/C=C/1. The van der Waals surface area contributed by atoms with Gasteiger partial charge in [-0.25, -0.2) is 0 Å². The van der Waals surface area contributed by atoms with Gasteiger partial charge in [0.1, 0.15) is 0 Å². The monoisotopic (exact) mass is 185 g/mol. The number of rotatable bonds is 0. The summed E-state index contributed by atoms with van der Waals surface area (Å²) in [4.78, 5) is 0. The molecule has 0 N–H and O–H groups in total. The van der Waals surface area contributed by atoms with Crippen LogP contribution in [0.2, 0.25) is 0 Å². The molecule has 0 unspecified atom stereocenters. The minimum Gasteiger partial charge on any atom is -0.0882 e. The molecule has 0 aromatic rings. The Hall–Kier alpha value is -1.30. The van der Waals surface area contributed by atoms with Gasteiger partial charge in [-0.2, -0.15) is 0 Å². The number of hydrogen-bond acceptors (Lipinski definition) is 0. The van der Waals surface area contributed by atoms with Crippen molar-refractivity contribution in [3.8, 4) is 0 Å². The van der Waals surface area contributed by atoms with Crippen molar-refractivity contribution < 1.29 is 0 Å². The van der Waals surface area contributed by atoms with Crippen LogP contribution in [0.25, 0.3) is 0 Å². The van der Waals surface area contributed by atoms with E-state index in [-0.39, 0.29) is 0 Å². The third kappa shape index (κ3) is 6.24. The van der Waals surface area contributed by atoms with Crippen LogP contribution in [0.15, 0.2) is 54.7 Å². The molecule has 0 heterocycles. The van der Waals surface area contributed by atoms with Gasteiger partial charge in [-0.15, -0.1) is 0 Å². The quantitative estimate of drug-likeness (QED) is 0.497. The highest BCUT2D eigenvalue weighted by Gasteiger charge is 1.78. The first-order valence-corrected chi connectivity index (χ1v) is 5.21. The molecule has 1 aliphatic rings. The number of hydrogen-bond donors (Lipinski definition) is 0. The van der Waals surface area contributed by atoms with E-state index in [0.29, 0.717) is 0 Å². The van der Waals surface area contributed by atoms with Crippen molar-refractivity contribution in [2.75, 3.05) is 0 Å². The van der Waals surface area contributed by atoms with Crippen molar-refractivity contribution >= 4 is 0 Å². The van der Waals surface area contributed by atoms with E-state index in [1.54, 1.807) is 0 Å². The van der Waals surface area contributed by atoms with E-state index in [0.717, 1.165) is 25.7 Å². The zero-order valence-corrected chi connectivity index (χ0v) is 8.52. The summed E-state index contributed by atoms with van der Waals surface area (Å²) < 4.78 is 0. The molecule has 73 valence electrons. The maximum Gasteiger partial charge on any atom is -0.0187 e. The van der Waals surface area contributed by atoms with Crippen molar-refractivity contribution in [2.45, 2.75) is 25.7 Å². The lowest BCUT2D eigenvalue weighted by molar-refractivity contribution is 1.00. The Labute approximate surface area is 87.0 Å². The Kier molecular flexibility index (Phi) is 6.39. The summed E-state index contributed by atoms with van der Waals surface area (Å²) in [5.41, 5.74) is 0. The van der Waals surface area contributed by atoms with Crippen molar-refractivity contribution in [2.24, 2.45) is 0 Å². The highest BCUT2D eigenvalue weighted by atomic mass is 13.8. The van der Waals surface area contributed by atoms with Gasteiger partial charge in [0.25, 0.3) is 0 Å². The fourth-order valence-corrected chi connectivity index (χ4v) is 1.18. The molecule has 0 heteroatoms. The van der Waals surface area contributed by atoms with Crippen LogP contribution >= 0.6 is 0 Å². The maximum absolute atomic E-state index is 3.09. The van der Waals surface area contributed by atoms with Gasteiger partial charge in [0, 0.05) is 0 Å². The summed E-state index contributed by atoms with van der Waals surface area (Å²) >= 11 is 0. The van der Waals surface area contributed by atoms with Gasteiger partial charge in [0.2, 0.25) is 0 Å². The highest BCUT2D eigenvalue weighted by Crippen LogP contribution is 1.98.